The van der Waals surface area contributed by atoms with Crippen molar-refractivity contribution in [1.82, 2.24) is 19.1 Å². The third kappa shape index (κ3) is 2.81. The summed E-state index contributed by atoms with van der Waals surface area (Å²) in [6, 6.07) is 1.63. The smallest absolute Gasteiger partial charge is 0.246 e. The highest BCUT2D eigenvalue weighted by molar-refractivity contribution is 7.89. The number of aromatic nitrogens is 3. The number of rotatable bonds is 5. The average molecular weight is 295 g/mol. The highest BCUT2D eigenvalue weighted by atomic mass is 32.2. The van der Waals surface area contributed by atoms with Gasteiger partial charge in [-0.2, -0.15) is 9.40 Å². The minimum Gasteiger partial charge on any atom is -0.387 e. The normalized spacial score (nSPS) is 11.8. The lowest BCUT2D eigenvalue weighted by Gasteiger charge is -2.18. The molecule has 8 heteroatoms. The van der Waals surface area contributed by atoms with Gasteiger partial charge in [0.1, 0.15) is 4.90 Å². The Morgan fingerprint density at radius 3 is 2.75 bits per heavy atom. The number of hydrogen-bond acceptors (Lipinski definition) is 5. The van der Waals surface area contributed by atoms with Gasteiger partial charge >= 0.3 is 0 Å². The van der Waals surface area contributed by atoms with Gasteiger partial charge in [-0.15, -0.1) is 0 Å². The van der Waals surface area contributed by atoms with Gasteiger partial charge < -0.3 is 5.32 Å². The summed E-state index contributed by atoms with van der Waals surface area (Å²) in [6.45, 7) is 0.258. The van der Waals surface area contributed by atoms with Crippen LogP contribution in [0.25, 0.3) is 0 Å². The largest absolute Gasteiger partial charge is 0.387 e. The summed E-state index contributed by atoms with van der Waals surface area (Å²) in [5, 5.41) is 6.89. The van der Waals surface area contributed by atoms with E-state index in [2.05, 4.69) is 15.4 Å². The van der Waals surface area contributed by atoms with Crippen molar-refractivity contribution in [3.05, 3.63) is 36.4 Å². The van der Waals surface area contributed by atoms with Gasteiger partial charge in [0.05, 0.1) is 11.9 Å². The molecule has 0 bridgehead atoms. The molecule has 0 atom stereocenters. The van der Waals surface area contributed by atoms with Gasteiger partial charge in [-0.25, -0.2) is 8.42 Å². The van der Waals surface area contributed by atoms with Crippen LogP contribution >= 0.6 is 0 Å². The van der Waals surface area contributed by atoms with E-state index >= 15 is 0 Å². The van der Waals surface area contributed by atoms with Gasteiger partial charge in [0.2, 0.25) is 10.0 Å². The Bertz CT molecular complexity index is 695. The summed E-state index contributed by atoms with van der Waals surface area (Å²) < 4.78 is 28.0. The molecule has 0 fully saturated rings. The van der Waals surface area contributed by atoms with Gasteiger partial charge in [0.25, 0.3) is 0 Å². The molecular weight excluding hydrogens is 278 g/mol. The first-order chi connectivity index (χ1) is 9.45. The molecular formula is C12H17N5O2S. The predicted molar refractivity (Wildman–Crippen MR) is 75.6 cm³/mol. The van der Waals surface area contributed by atoms with Crippen LogP contribution in [-0.4, -0.2) is 41.6 Å². The highest BCUT2D eigenvalue weighted by Gasteiger charge is 2.24. The molecule has 0 unspecified atom stereocenters. The Morgan fingerprint density at radius 1 is 1.40 bits per heavy atom. The Morgan fingerprint density at radius 2 is 2.15 bits per heavy atom. The molecule has 0 spiro atoms. The van der Waals surface area contributed by atoms with Crippen LogP contribution < -0.4 is 5.32 Å². The zero-order valence-electron chi connectivity index (χ0n) is 11.6. The van der Waals surface area contributed by atoms with Crippen LogP contribution in [0.4, 0.5) is 5.69 Å². The van der Waals surface area contributed by atoms with Crippen molar-refractivity contribution in [2.75, 3.05) is 19.4 Å². The molecule has 0 aliphatic heterocycles. The SMILES string of the molecule is CNc1ccncc1S(=O)(=O)N(C)Cc1cnn(C)c1. The number of sulfonamides is 1. The average Bonchev–Trinajstić information content (AvgIpc) is 2.84. The second kappa shape index (κ2) is 5.59. The van der Waals surface area contributed by atoms with Crippen LogP contribution in [-0.2, 0) is 23.6 Å². The summed E-state index contributed by atoms with van der Waals surface area (Å²) in [7, 11) is 1.40. The third-order valence-corrected chi connectivity index (χ3v) is 4.74. The Labute approximate surface area is 118 Å². The lowest BCUT2D eigenvalue weighted by Crippen LogP contribution is -2.27. The summed E-state index contributed by atoms with van der Waals surface area (Å²) >= 11 is 0. The summed E-state index contributed by atoms with van der Waals surface area (Å²) in [4.78, 5) is 4.05. The fourth-order valence-corrected chi connectivity index (χ4v) is 3.15. The topological polar surface area (TPSA) is 80.1 Å². The fraction of sp³-hybridized carbons (Fsp3) is 0.333. The van der Waals surface area contributed by atoms with Crippen LogP contribution in [0.1, 0.15) is 5.56 Å². The zero-order chi connectivity index (χ0) is 14.8. The van der Waals surface area contributed by atoms with E-state index in [-0.39, 0.29) is 11.4 Å². The van der Waals surface area contributed by atoms with Crippen molar-refractivity contribution in [2.45, 2.75) is 11.4 Å². The first-order valence-corrected chi connectivity index (χ1v) is 7.45. The van der Waals surface area contributed by atoms with Crippen molar-refractivity contribution in [3.63, 3.8) is 0 Å². The van der Waals surface area contributed by atoms with Crippen LogP contribution in [0, 0.1) is 0 Å². The van der Waals surface area contributed by atoms with Gasteiger partial charge in [-0.1, -0.05) is 0 Å². The summed E-state index contributed by atoms with van der Waals surface area (Å²) in [6.07, 6.45) is 6.33. The second-order valence-electron chi connectivity index (χ2n) is 4.41. The van der Waals surface area contributed by atoms with Gasteiger partial charge in [0.15, 0.2) is 0 Å². The van der Waals surface area contributed by atoms with Gasteiger partial charge in [-0.3, -0.25) is 9.67 Å². The minimum absolute atomic E-state index is 0.161. The van der Waals surface area contributed by atoms with Crippen LogP contribution in [0.2, 0.25) is 0 Å². The molecule has 0 aliphatic carbocycles. The van der Waals surface area contributed by atoms with Crippen molar-refractivity contribution >= 4 is 15.7 Å². The molecule has 108 valence electrons. The van der Waals surface area contributed by atoms with E-state index in [9.17, 15) is 8.42 Å². The first kappa shape index (κ1) is 14.5. The maximum atomic E-state index is 12.5. The summed E-state index contributed by atoms with van der Waals surface area (Å²) in [5.41, 5.74) is 1.35. The van der Waals surface area contributed by atoms with E-state index in [0.29, 0.717) is 5.69 Å². The van der Waals surface area contributed by atoms with E-state index in [0.717, 1.165) is 5.56 Å². The predicted octanol–water partition coefficient (Wildman–Crippen LogP) is 0.677. The number of nitrogens with one attached hydrogen (secondary N) is 1. The molecule has 7 nitrogen and oxygen atoms in total. The number of aryl methyl sites for hydroxylation is 1. The van der Waals surface area contributed by atoms with E-state index < -0.39 is 10.0 Å². The van der Waals surface area contributed by atoms with Crippen molar-refractivity contribution in [2.24, 2.45) is 7.05 Å². The van der Waals surface area contributed by atoms with Crippen molar-refractivity contribution in [1.29, 1.82) is 0 Å². The Kier molecular flexibility index (Phi) is 4.05. The van der Waals surface area contributed by atoms with Crippen molar-refractivity contribution < 1.29 is 8.42 Å². The molecule has 0 amide bonds. The molecule has 0 saturated carbocycles. The van der Waals surface area contributed by atoms with Crippen molar-refractivity contribution in [3.8, 4) is 0 Å². The monoisotopic (exact) mass is 295 g/mol. The lowest BCUT2D eigenvalue weighted by atomic mass is 10.4. The molecule has 0 saturated heterocycles. The Hall–Kier alpha value is -1.93. The first-order valence-electron chi connectivity index (χ1n) is 6.01. The molecule has 20 heavy (non-hydrogen) atoms. The van der Waals surface area contributed by atoms with Gasteiger partial charge in [-0.05, 0) is 6.07 Å². The fourth-order valence-electron chi connectivity index (χ4n) is 1.86. The van der Waals surface area contributed by atoms with E-state index in [1.54, 1.807) is 43.4 Å². The minimum atomic E-state index is -3.60. The highest BCUT2D eigenvalue weighted by Crippen LogP contribution is 2.23. The Balaban J connectivity index is 2.29. The third-order valence-electron chi connectivity index (χ3n) is 2.91. The molecule has 0 aliphatic rings. The van der Waals surface area contributed by atoms with Crippen LogP contribution in [0.5, 0.6) is 0 Å². The maximum Gasteiger partial charge on any atom is 0.246 e. The number of nitrogens with zero attached hydrogens (tertiary/aromatic N) is 4. The molecule has 2 aromatic heterocycles. The molecule has 2 rings (SSSR count). The van der Waals surface area contributed by atoms with E-state index in [4.69, 9.17) is 0 Å². The summed E-state index contributed by atoms with van der Waals surface area (Å²) in [5.74, 6) is 0. The molecule has 2 heterocycles. The molecule has 2 aromatic rings. The number of pyridine rings is 1. The molecule has 1 N–H and O–H groups in total. The van der Waals surface area contributed by atoms with E-state index in [1.165, 1.54) is 17.5 Å². The lowest BCUT2D eigenvalue weighted by molar-refractivity contribution is 0.466. The number of anilines is 1. The van der Waals surface area contributed by atoms with Gasteiger partial charge in [0, 0.05) is 51.8 Å². The zero-order valence-corrected chi connectivity index (χ0v) is 12.4. The second-order valence-corrected chi connectivity index (χ2v) is 6.42. The standard InChI is InChI=1S/C12H17N5O2S/c1-13-11-4-5-14-7-12(11)20(18,19)17(3)9-10-6-15-16(2)8-10/h4-8H,9H2,1-3H3,(H,13,14). The van der Waals surface area contributed by atoms with E-state index in [1.807, 2.05) is 0 Å². The molecule has 0 radical (unpaired) electrons. The van der Waals surface area contributed by atoms with Crippen LogP contribution in [0.15, 0.2) is 35.7 Å². The molecule has 0 aromatic carbocycles. The van der Waals surface area contributed by atoms with Crippen LogP contribution in [0.3, 0.4) is 0 Å². The quantitative estimate of drug-likeness (QED) is 0.877. The maximum absolute atomic E-state index is 12.5. The number of hydrogen-bond donors (Lipinski definition) is 1.